The molecule has 0 spiro atoms. The van der Waals surface area contributed by atoms with Gasteiger partial charge < -0.3 is 9.40 Å². The van der Waals surface area contributed by atoms with E-state index in [2.05, 4.69) is 10.1 Å². The summed E-state index contributed by atoms with van der Waals surface area (Å²) in [5.74, 6) is 1.44. The van der Waals surface area contributed by atoms with Gasteiger partial charge >= 0.3 is 0 Å². The number of furan rings is 1. The molecule has 0 amide bonds. The number of aromatic nitrogens is 3. The highest BCUT2D eigenvalue weighted by molar-refractivity contribution is 5.64. The van der Waals surface area contributed by atoms with Crippen LogP contribution in [-0.2, 0) is 6.42 Å². The molecular weight excluding hydrogens is 280 g/mol. The predicted molar refractivity (Wildman–Crippen MR) is 81.7 cm³/mol. The van der Waals surface area contributed by atoms with Gasteiger partial charge in [0.2, 0.25) is 0 Å². The average Bonchev–Trinajstić information content (AvgIpc) is 3.12. The van der Waals surface area contributed by atoms with Gasteiger partial charge in [0.05, 0.1) is 11.9 Å². The number of hydrogen-bond acceptors (Lipinski definition) is 4. The van der Waals surface area contributed by atoms with E-state index in [-0.39, 0.29) is 11.5 Å². The number of nitriles is 1. The highest BCUT2D eigenvalue weighted by Crippen LogP contribution is 2.27. The first-order valence-corrected chi connectivity index (χ1v) is 7.19. The first kappa shape index (κ1) is 14.1. The normalized spacial score (nSPS) is 11.2. The van der Waals surface area contributed by atoms with Crippen LogP contribution in [0.15, 0.2) is 27.5 Å². The van der Waals surface area contributed by atoms with Crippen LogP contribution in [0.3, 0.4) is 0 Å². The molecule has 1 N–H and O–H groups in total. The molecule has 0 fully saturated rings. The van der Waals surface area contributed by atoms with Crippen molar-refractivity contribution in [2.45, 2.75) is 33.1 Å². The zero-order valence-electron chi connectivity index (χ0n) is 12.7. The Morgan fingerprint density at radius 2 is 2.23 bits per heavy atom. The minimum Gasteiger partial charge on any atom is -0.460 e. The Balaban J connectivity index is 2.38. The van der Waals surface area contributed by atoms with E-state index in [0.29, 0.717) is 28.2 Å². The van der Waals surface area contributed by atoms with Gasteiger partial charge in [0.25, 0.3) is 5.56 Å². The van der Waals surface area contributed by atoms with E-state index in [0.717, 1.165) is 12.2 Å². The van der Waals surface area contributed by atoms with Crippen LogP contribution < -0.4 is 5.56 Å². The molecular formula is C16H16N4O2. The molecule has 0 aliphatic carbocycles. The van der Waals surface area contributed by atoms with E-state index in [1.807, 2.05) is 39.0 Å². The summed E-state index contributed by atoms with van der Waals surface area (Å²) in [6.45, 7) is 5.89. The summed E-state index contributed by atoms with van der Waals surface area (Å²) in [6, 6.07) is 5.77. The van der Waals surface area contributed by atoms with E-state index in [1.165, 1.54) is 10.7 Å². The van der Waals surface area contributed by atoms with E-state index in [4.69, 9.17) is 9.68 Å². The Morgan fingerprint density at radius 1 is 1.45 bits per heavy atom. The zero-order chi connectivity index (χ0) is 15.9. The van der Waals surface area contributed by atoms with Crippen molar-refractivity contribution in [3.63, 3.8) is 0 Å². The van der Waals surface area contributed by atoms with E-state index in [9.17, 15) is 4.79 Å². The number of aromatic amines is 1. The van der Waals surface area contributed by atoms with Gasteiger partial charge in [-0.05, 0) is 18.1 Å². The fourth-order valence-corrected chi connectivity index (χ4v) is 2.54. The van der Waals surface area contributed by atoms with Crippen molar-refractivity contribution >= 4 is 5.65 Å². The molecule has 3 aromatic rings. The van der Waals surface area contributed by atoms with Crippen molar-refractivity contribution in [2.75, 3.05) is 0 Å². The predicted octanol–water partition coefficient (Wildman–Crippen LogP) is 2.84. The van der Waals surface area contributed by atoms with Gasteiger partial charge in [-0.2, -0.15) is 14.9 Å². The number of aryl methyl sites for hydroxylation is 1. The van der Waals surface area contributed by atoms with Crippen LogP contribution >= 0.6 is 0 Å². The Bertz CT molecular complexity index is 937. The van der Waals surface area contributed by atoms with Gasteiger partial charge in [0.15, 0.2) is 11.4 Å². The SMILES string of the molecule is CCc1ccc(-c2[nH]c3c(C#N)cnn3c(=O)c2C(C)C)o1. The van der Waals surface area contributed by atoms with E-state index >= 15 is 0 Å². The van der Waals surface area contributed by atoms with Crippen LogP contribution in [-0.4, -0.2) is 14.6 Å². The van der Waals surface area contributed by atoms with Gasteiger partial charge in [-0.25, -0.2) is 0 Å². The molecule has 3 heterocycles. The standard InChI is InChI=1S/C16H16N4O2/c1-4-11-5-6-12(22-11)14-13(9(2)3)16(21)20-15(19-14)10(7-17)8-18-20/h5-6,8-9,19H,4H2,1-3H3. The Hall–Kier alpha value is -2.81. The molecule has 0 atom stereocenters. The maximum atomic E-state index is 12.7. The molecule has 0 aromatic carbocycles. The fraction of sp³-hybridized carbons (Fsp3) is 0.312. The molecule has 0 radical (unpaired) electrons. The van der Waals surface area contributed by atoms with Crippen LogP contribution in [0.25, 0.3) is 17.1 Å². The lowest BCUT2D eigenvalue weighted by Gasteiger charge is -2.11. The highest BCUT2D eigenvalue weighted by Gasteiger charge is 2.20. The number of nitrogens with one attached hydrogen (secondary N) is 1. The quantitative estimate of drug-likeness (QED) is 0.805. The third-order valence-corrected chi connectivity index (χ3v) is 3.66. The lowest BCUT2D eigenvalue weighted by Crippen LogP contribution is -2.22. The first-order chi connectivity index (χ1) is 10.6. The molecule has 0 aliphatic rings. The number of H-pyrrole nitrogens is 1. The summed E-state index contributed by atoms with van der Waals surface area (Å²) >= 11 is 0. The lowest BCUT2D eigenvalue weighted by atomic mass is 10.0. The Kier molecular flexibility index (Phi) is 3.33. The van der Waals surface area contributed by atoms with Crippen molar-refractivity contribution < 1.29 is 4.42 Å². The van der Waals surface area contributed by atoms with Crippen LogP contribution in [0.4, 0.5) is 0 Å². The average molecular weight is 296 g/mol. The van der Waals surface area contributed by atoms with E-state index in [1.54, 1.807) is 0 Å². The van der Waals surface area contributed by atoms with Crippen molar-refractivity contribution in [3.05, 3.63) is 45.6 Å². The van der Waals surface area contributed by atoms with Gasteiger partial charge in [0, 0.05) is 12.0 Å². The molecule has 0 aliphatic heterocycles. The van der Waals surface area contributed by atoms with Crippen molar-refractivity contribution in [2.24, 2.45) is 0 Å². The smallest absolute Gasteiger partial charge is 0.278 e. The number of nitrogens with zero attached hydrogens (tertiary/aromatic N) is 3. The topological polar surface area (TPSA) is 87.1 Å². The van der Waals surface area contributed by atoms with Crippen molar-refractivity contribution in [1.29, 1.82) is 5.26 Å². The summed E-state index contributed by atoms with van der Waals surface area (Å²) in [4.78, 5) is 15.9. The number of rotatable bonds is 3. The van der Waals surface area contributed by atoms with Crippen LogP contribution in [0.5, 0.6) is 0 Å². The first-order valence-electron chi connectivity index (χ1n) is 7.19. The van der Waals surface area contributed by atoms with Crippen LogP contribution in [0.1, 0.15) is 43.6 Å². The molecule has 112 valence electrons. The van der Waals surface area contributed by atoms with Crippen LogP contribution in [0.2, 0.25) is 0 Å². The van der Waals surface area contributed by atoms with Crippen molar-refractivity contribution in [3.8, 4) is 17.5 Å². The molecule has 22 heavy (non-hydrogen) atoms. The largest absolute Gasteiger partial charge is 0.460 e. The lowest BCUT2D eigenvalue weighted by molar-refractivity contribution is 0.526. The van der Waals surface area contributed by atoms with E-state index < -0.39 is 0 Å². The molecule has 0 bridgehead atoms. The minimum absolute atomic E-state index is 0.00642. The third kappa shape index (κ3) is 2.02. The molecule has 0 saturated carbocycles. The number of fused-ring (bicyclic) bond motifs is 1. The maximum absolute atomic E-state index is 12.7. The summed E-state index contributed by atoms with van der Waals surface area (Å²) in [5, 5.41) is 13.2. The fourth-order valence-electron chi connectivity index (χ4n) is 2.54. The summed E-state index contributed by atoms with van der Waals surface area (Å²) < 4.78 is 7.02. The van der Waals surface area contributed by atoms with Crippen LogP contribution in [0, 0.1) is 11.3 Å². The Labute approximate surface area is 127 Å². The molecule has 0 saturated heterocycles. The Morgan fingerprint density at radius 3 is 2.82 bits per heavy atom. The van der Waals surface area contributed by atoms with Gasteiger partial charge in [-0.3, -0.25) is 4.79 Å². The molecule has 0 unspecified atom stereocenters. The summed E-state index contributed by atoms with van der Waals surface area (Å²) in [5.41, 5.74) is 1.70. The minimum atomic E-state index is -0.227. The molecule has 3 rings (SSSR count). The highest BCUT2D eigenvalue weighted by atomic mass is 16.3. The number of hydrogen-bond donors (Lipinski definition) is 1. The molecule has 6 nitrogen and oxygen atoms in total. The zero-order valence-corrected chi connectivity index (χ0v) is 12.7. The monoisotopic (exact) mass is 296 g/mol. The van der Waals surface area contributed by atoms with Gasteiger partial charge in [0.1, 0.15) is 17.4 Å². The van der Waals surface area contributed by atoms with Crippen molar-refractivity contribution in [1.82, 2.24) is 14.6 Å². The molecule has 3 aromatic heterocycles. The second-order valence-electron chi connectivity index (χ2n) is 5.42. The molecule has 6 heteroatoms. The van der Waals surface area contributed by atoms with Gasteiger partial charge in [-0.15, -0.1) is 0 Å². The second-order valence-corrected chi connectivity index (χ2v) is 5.42. The third-order valence-electron chi connectivity index (χ3n) is 3.66. The maximum Gasteiger partial charge on any atom is 0.278 e. The summed E-state index contributed by atoms with van der Waals surface area (Å²) in [6.07, 6.45) is 2.17. The summed E-state index contributed by atoms with van der Waals surface area (Å²) in [7, 11) is 0. The van der Waals surface area contributed by atoms with Gasteiger partial charge in [-0.1, -0.05) is 20.8 Å². The second kappa shape index (κ2) is 5.19.